The molecule has 0 saturated heterocycles. The Kier molecular flexibility index (Phi) is 8.27. The molecule has 0 aliphatic carbocycles. The molecule has 2 amide bonds. The van der Waals surface area contributed by atoms with Crippen molar-refractivity contribution in [2.75, 3.05) is 20.3 Å². The van der Waals surface area contributed by atoms with Crippen LogP contribution in [0.15, 0.2) is 72.8 Å². The second-order valence-electron chi connectivity index (χ2n) is 8.41. The van der Waals surface area contributed by atoms with Crippen LogP contribution in [0.25, 0.3) is 0 Å². The van der Waals surface area contributed by atoms with Gasteiger partial charge in [-0.25, -0.2) is 0 Å². The number of likely N-dealkylation sites (N-methyl/N-ethyl adjacent to an activating group) is 1. The van der Waals surface area contributed by atoms with E-state index in [1.807, 2.05) is 66.7 Å². The molecule has 0 saturated carbocycles. The average Bonchev–Trinajstić information content (AvgIpc) is 2.90. The maximum Gasteiger partial charge on any atom is 0.242 e. The largest absolute Gasteiger partial charge is 0.486 e. The molecule has 1 atom stereocenters. The highest BCUT2D eigenvalue weighted by Crippen LogP contribution is 2.31. The van der Waals surface area contributed by atoms with Crippen LogP contribution in [-0.2, 0) is 29.0 Å². The second-order valence-corrected chi connectivity index (χ2v) is 8.82. The van der Waals surface area contributed by atoms with Crippen LogP contribution in [0.5, 0.6) is 11.5 Å². The summed E-state index contributed by atoms with van der Waals surface area (Å²) in [5.74, 6) is 1.08. The molecule has 3 aromatic carbocycles. The molecule has 35 heavy (non-hydrogen) atoms. The van der Waals surface area contributed by atoms with Crippen LogP contribution in [0.3, 0.4) is 0 Å². The predicted octanol–water partition coefficient (Wildman–Crippen LogP) is 4.43. The number of halogens is 1. The van der Waals surface area contributed by atoms with Crippen LogP contribution in [0.4, 0.5) is 0 Å². The van der Waals surface area contributed by atoms with Crippen molar-refractivity contribution < 1.29 is 19.1 Å². The van der Waals surface area contributed by atoms with Crippen molar-refractivity contribution in [2.24, 2.45) is 0 Å². The Morgan fingerprint density at radius 1 is 0.943 bits per heavy atom. The fourth-order valence-electron chi connectivity index (χ4n) is 4.17. The van der Waals surface area contributed by atoms with Gasteiger partial charge in [-0.3, -0.25) is 9.59 Å². The summed E-state index contributed by atoms with van der Waals surface area (Å²) >= 11 is 6.43. The molecule has 6 nitrogen and oxygen atoms in total. The number of fused-ring (bicyclic) bond motifs is 1. The second kappa shape index (κ2) is 11.8. The van der Waals surface area contributed by atoms with Crippen LogP contribution in [0, 0.1) is 0 Å². The Balaban J connectivity index is 1.57. The smallest absolute Gasteiger partial charge is 0.242 e. The number of hydrogen-bond acceptors (Lipinski definition) is 4. The summed E-state index contributed by atoms with van der Waals surface area (Å²) in [6.07, 6.45) is 1.16. The molecule has 0 unspecified atom stereocenters. The topological polar surface area (TPSA) is 67.9 Å². The number of carbonyl (C=O) groups is 2. The van der Waals surface area contributed by atoms with E-state index in [0.717, 1.165) is 16.7 Å². The van der Waals surface area contributed by atoms with E-state index in [1.54, 1.807) is 18.0 Å². The molecule has 1 heterocycles. The molecular formula is C28H29ClN2O4. The first-order valence-electron chi connectivity index (χ1n) is 11.7. The zero-order valence-electron chi connectivity index (χ0n) is 19.7. The normalized spacial score (nSPS) is 13.1. The van der Waals surface area contributed by atoms with Gasteiger partial charge in [-0.1, -0.05) is 66.2 Å². The third-order valence-corrected chi connectivity index (χ3v) is 6.42. The Morgan fingerprint density at radius 3 is 2.40 bits per heavy atom. The number of nitrogens with zero attached hydrogens (tertiary/aromatic N) is 1. The molecule has 3 aromatic rings. The minimum Gasteiger partial charge on any atom is -0.486 e. The van der Waals surface area contributed by atoms with Crippen LogP contribution in [-0.4, -0.2) is 43.0 Å². The van der Waals surface area contributed by atoms with Crippen LogP contribution >= 0.6 is 11.6 Å². The van der Waals surface area contributed by atoms with Gasteiger partial charge in [-0.2, -0.15) is 0 Å². The van der Waals surface area contributed by atoms with Crippen molar-refractivity contribution in [2.45, 2.75) is 31.8 Å². The maximum absolute atomic E-state index is 13.6. The highest BCUT2D eigenvalue weighted by molar-refractivity contribution is 6.31. The van der Waals surface area contributed by atoms with Gasteiger partial charge < -0.3 is 19.7 Å². The molecule has 1 aliphatic rings. The van der Waals surface area contributed by atoms with E-state index in [4.69, 9.17) is 21.1 Å². The van der Waals surface area contributed by atoms with E-state index in [1.165, 1.54) is 0 Å². The van der Waals surface area contributed by atoms with Crippen LogP contribution in [0.2, 0.25) is 5.02 Å². The van der Waals surface area contributed by atoms with Gasteiger partial charge in [0.1, 0.15) is 19.3 Å². The Bertz CT molecular complexity index is 1170. The van der Waals surface area contributed by atoms with Crippen molar-refractivity contribution in [3.8, 4) is 11.5 Å². The third kappa shape index (κ3) is 6.34. The third-order valence-electron chi connectivity index (χ3n) is 6.05. The number of rotatable bonds is 9. The first-order chi connectivity index (χ1) is 17.0. The fourth-order valence-corrected chi connectivity index (χ4v) is 4.36. The van der Waals surface area contributed by atoms with E-state index in [9.17, 15) is 9.59 Å². The van der Waals surface area contributed by atoms with Gasteiger partial charge >= 0.3 is 0 Å². The molecule has 1 N–H and O–H groups in total. The van der Waals surface area contributed by atoms with Gasteiger partial charge in [0.2, 0.25) is 11.8 Å². The first-order valence-corrected chi connectivity index (χ1v) is 12.1. The van der Waals surface area contributed by atoms with Crippen LogP contribution < -0.4 is 14.8 Å². The molecular weight excluding hydrogens is 464 g/mol. The summed E-state index contributed by atoms with van der Waals surface area (Å²) in [5, 5.41) is 3.30. The molecule has 4 rings (SSSR count). The first kappa shape index (κ1) is 24.6. The van der Waals surface area contributed by atoms with Crippen molar-refractivity contribution in [3.05, 3.63) is 94.5 Å². The van der Waals surface area contributed by atoms with E-state index in [2.05, 4.69) is 5.32 Å². The number of benzene rings is 3. The van der Waals surface area contributed by atoms with E-state index >= 15 is 0 Å². The average molecular weight is 493 g/mol. The van der Waals surface area contributed by atoms with Crippen molar-refractivity contribution in [1.29, 1.82) is 0 Å². The highest BCUT2D eigenvalue weighted by atomic mass is 35.5. The summed E-state index contributed by atoms with van der Waals surface area (Å²) in [7, 11) is 1.59. The predicted molar refractivity (Wildman–Crippen MR) is 136 cm³/mol. The maximum atomic E-state index is 13.6. The fraction of sp³-hybridized carbons (Fsp3) is 0.286. The zero-order valence-corrected chi connectivity index (χ0v) is 20.5. The molecule has 0 fully saturated rings. The van der Waals surface area contributed by atoms with Crippen molar-refractivity contribution in [1.82, 2.24) is 10.2 Å². The Labute approximate surface area is 210 Å². The van der Waals surface area contributed by atoms with E-state index in [-0.39, 0.29) is 24.8 Å². The molecule has 1 aliphatic heterocycles. The van der Waals surface area contributed by atoms with Gasteiger partial charge in [-0.15, -0.1) is 0 Å². The minimum absolute atomic E-state index is 0.121. The zero-order chi connectivity index (χ0) is 24.6. The van der Waals surface area contributed by atoms with E-state index < -0.39 is 6.04 Å². The molecule has 0 aromatic heterocycles. The number of ether oxygens (including phenoxy) is 2. The van der Waals surface area contributed by atoms with E-state index in [0.29, 0.717) is 42.6 Å². The molecule has 182 valence electrons. The summed E-state index contributed by atoms with van der Waals surface area (Å²) in [4.78, 5) is 28.3. The van der Waals surface area contributed by atoms with Crippen LogP contribution in [0.1, 0.15) is 23.1 Å². The number of carbonyl (C=O) groups excluding carboxylic acids is 2. The lowest BCUT2D eigenvalue weighted by molar-refractivity contribution is -0.141. The van der Waals surface area contributed by atoms with Crippen molar-refractivity contribution >= 4 is 23.4 Å². The quantitative estimate of drug-likeness (QED) is 0.480. The molecule has 0 spiro atoms. The summed E-state index contributed by atoms with van der Waals surface area (Å²) in [5.41, 5.74) is 2.74. The summed E-state index contributed by atoms with van der Waals surface area (Å²) in [6, 6.07) is 22.2. The minimum atomic E-state index is -0.675. The van der Waals surface area contributed by atoms with Gasteiger partial charge in [0.25, 0.3) is 0 Å². The monoisotopic (exact) mass is 492 g/mol. The summed E-state index contributed by atoms with van der Waals surface area (Å²) < 4.78 is 11.3. The molecule has 7 heteroatoms. The number of amides is 2. The van der Waals surface area contributed by atoms with Gasteiger partial charge in [0, 0.05) is 31.5 Å². The van der Waals surface area contributed by atoms with Crippen molar-refractivity contribution in [3.63, 3.8) is 0 Å². The molecule has 0 radical (unpaired) electrons. The Morgan fingerprint density at radius 2 is 1.66 bits per heavy atom. The number of aryl methyl sites for hydroxylation is 1. The van der Waals surface area contributed by atoms with Gasteiger partial charge in [0.15, 0.2) is 11.5 Å². The molecule has 0 bridgehead atoms. The Hall–Kier alpha value is -3.51. The lowest BCUT2D eigenvalue weighted by atomic mass is 10.0. The standard InChI is InChI=1S/C28H29ClN2O4/c1-30-28(33)24(17-20-7-3-2-4-8-20)31(19-22-9-5-6-10-23(22)29)27(32)14-12-21-11-13-25-26(18-21)35-16-15-34-25/h2-11,13,18,24H,12,14-17,19H2,1H3,(H,30,33)/t24-/m1/s1. The summed E-state index contributed by atoms with van der Waals surface area (Å²) in [6.45, 7) is 1.28. The lowest BCUT2D eigenvalue weighted by Gasteiger charge is -2.31. The lowest BCUT2D eigenvalue weighted by Crippen LogP contribution is -2.49. The van der Waals surface area contributed by atoms with Gasteiger partial charge in [-0.05, 0) is 41.3 Å². The SMILES string of the molecule is CNC(=O)[C@@H](Cc1ccccc1)N(Cc1ccccc1Cl)C(=O)CCc1ccc2c(c1)OCCO2. The number of nitrogens with one attached hydrogen (secondary N) is 1. The highest BCUT2D eigenvalue weighted by Gasteiger charge is 2.30. The number of hydrogen-bond donors (Lipinski definition) is 1. The van der Waals surface area contributed by atoms with Gasteiger partial charge in [0.05, 0.1) is 0 Å².